The van der Waals surface area contributed by atoms with E-state index in [1.807, 2.05) is 18.2 Å². The summed E-state index contributed by atoms with van der Waals surface area (Å²) in [6.45, 7) is 0. The van der Waals surface area contributed by atoms with E-state index in [-0.39, 0.29) is 6.04 Å². The molecule has 0 bridgehead atoms. The molecule has 1 atom stereocenters. The number of benzene rings is 1. The van der Waals surface area contributed by atoms with Crippen LogP contribution in [0.25, 0.3) is 0 Å². The molecule has 0 amide bonds. The zero-order chi connectivity index (χ0) is 10.5. The van der Waals surface area contributed by atoms with Crippen molar-refractivity contribution >= 4 is 0 Å². The van der Waals surface area contributed by atoms with E-state index in [2.05, 4.69) is 23.5 Å². The van der Waals surface area contributed by atoms with Crippen LogP contribution in [0.2, 0.25) is 0 Å². The van der Waals surface area contributed by atoms with Gasteiger partial charge in [-0.2, -0.15) is 5.26 Å². The van der Waals surface area contributed by atoms with Gasteiger partial charge in [-0.25, -0.2) is 0 Å². The molecule has 78 valence electrons. The minimum absolute atomic E-state index is 0.0257. The van der Waals surface area contributed by atoms with Gasteiger partial charge >= 0.3 is 0 Å². The topological polar surface area (TPSA) is 35.8 Å². The maximum atomic E-state index is 8.97. The average Bonchev–Trinajstić information content (AvgIpc) is 3.09. The van der Waals surface area contributed by atoms with Gasteiger partial charge in [-0.05, 0) is 31.2 Å². The van der Waals surface area contributed by atoms with Crippen molar-refractivity contribution in [3.05, 3.63) is 35.9 Å². The van der Waals surface area contributed by atoms with Crippen molar-refractivity contribution in [3.63, 3.8) is 0 Å². The summed E-state index contributed by atoms with van der Waals surface area (Å²) < 4.78 is 0. The molecular weight excluding hydrogens is 184 g/mol. The SMILES string of the molecule is N#CC(CCc1ccccc1)NC1CC1. The standard InChI is InChI=1S/C13H16N2/c14-10-13(15-12-8-9-12)7-6-11-4-2-1-3-5-11/h1-5,12-13,15H,6-9H2. The maximum absolute atomic E-state index is 8.97. The largest absolute Gasteiger partial charge is 0.299 e. The van der Waals surface area contributed by atoms with E-state index in [0.717, 1.165) is 12.8 Å². The number of rotatable bonds is 5. The Morgan fingerprint density at radius 1 is 1.33 bits per heavy atom. The predicted octanol–water partition coefficient (Wildman–Crippen LogP) is 2.26. The molecule has 15 heavy (non-hydrogen) atoms. The van der Waals surface area contributed by atoms with Gasteiger partial charge < -0.3 is 0 Å². The Labute approximate surface area is 90.9 Å². The summed E-state index contributed by atoms with van der Waals surface area (Å²) in [6, 6.07) is 13.3. The molecule has 2 heteroatoms. The highest BCUT2D eigenvalue weighted by atomic mass is 15.0. The van der Waals surface area contributed by atoms with Crippen molar-refractivity contribution in [2.45, 2.75) is 37.8 Å². The van der Waals surface area contributed by atoms with Gasteiger partial charge in [0.1, 0.15) is 0 Å². The van der Waals surface area contributed by atoms with E-state index < -0.39 is 0 Å². The van der Waals surface area contributed by atoms with E-state index in [9.17, 15) is 0 Å². The summed E-state index contributed by atoms with van der Waals surface area (Å²) in [6.07, 6.45) is 4.38. The third-order valence-electron chi connectivity index (χ3n) is 2.73. The van der Waals surface area contributed by atoms with Crippen LogP contribution in [0.3, 0.4) is 0 Å². The van der Waals surface area contributed by atoms with Crippen LogP contribution >= 0.6 is 0 Å². The summed E-state index contributed by atoms with van der Waals surface area (Å²) in [5.41, 5.74) is 1.32. The number of nitrogens with one attached hydrogen (secondary N) is 1. The molecule has 1 fully saturated rings. The van der Waals surface area contributed by atoms with Crippen molar-refractivity contribution in [2.24, 2.45) is 0 Å². The first-order chi connectivity index (χ1) is 7.38. The maximum Gasteiger partial charge on any atom is 0.0958 e. The fraction of sp³-hybridized carbons (Fsp3) is 0.462. The lowest BCUT2D eigenvalue weighted by Crippen LogP contribution is -2.29. The van der Waals surface area contributed by atoms with Gasteiger partial charge in [0.2, 0.25) is 0 Å². The zero-order valence-corrected chi connectivity index (χ0v) is 8.82. The molecule has 0 saturated heterocycles. The van der Waals surface area contributed by atoms with Crippen LogP contribution in [0.15, 0.2) is 30.3 Å². The van der Waals surface area contributed by atoms with Gasteiger partial charge in [-0.3, -0.25) is 5.32 Å². The smallest absolute Gasteiger partial charge is 0.0958 e. The molecule has 0 radical (unpaired) electrons. The summed E-state index contributed by atoms with van der Waals surface area (Å²) >= 11 is 0. The van der Waals surface area contributed by atoms with Gasteiger partial charge in [0, 0.05) is 6.04 Å². The van der Waals surface area contributed by atoms with Crippen LogP contribution in [0.5, 0.6) is 0 Å². The first-order valence-corrected chi connectivity index (χ1v) is 5.58. The van der Waals surface area contributed by atoms with Crippen molar-refractivity contribution < 1.29 is 0 Å². The lowest BCUT2D eigenvalue weighted by Gasteiger charge is -2.10. The molecule has 0 spiro atoms. The van der Waals surface area contributed by atoms with Crippen molar-refractivity contribution in [1.29, 1.82) is 5.26 Å². The van der Waals surface area contributed by atoms with Crippen LogP contribution in [-0.2, 0) is 6.42 Å². The molecule has 1 unspecified atom stereocenters. The molecule has 0 aromatic heterocycles. The fourth-order valence-electron chi connectivity index (χ4n) is 1.68. The Morgan fingerprint density at radius 3 is 2.67 bits per heavy atom. The van der Waals surface area contributed by atoms with Crippen LogP contribution in [0.4, 0.5) is 0 Å². The molecule has 2 nitrogen and oxygen atoms in total. The Morgan fingerprint density at radius 2 is 2.07 bits per heavy atom. The van der Waals surface area contributed by atoms with E-state index in [4.69, 9.17) is 5.26 Å². The molecule has 1 aliphatic rings. The lowest BCUT2D eigenvalue weighted by molar-refractivity contribution is 0.561. The molecule has 2 rings (SSSR count). The number of nitrogens with zero attached hydrogens (tertiary/aromatic N) is 1. The molecule has 0 heterocycles. The molecule has 0 aliphatic heterocycles. The second-order valence-electron chi connectivity index (χ2n) is 4.15. The van der Waals surface area contributed by atoms with Crippen LogP contribution in [0, 0.1) is 11.3 Å². The minimum Gasteiger partial charge on any atom is -0.299 e. The number of aryl methyl sites for hydroxylation is 1. The van der Waals surface area contributed by atoms with Crippen LogP contribution < -0.4 is 5.32 Å². The Hall–Kier alpha value is -1.33. The number of nitriles is 1. The van der Waals surface area contributed by atoms with Crippen molar-refractivity contribution in [3.8, 4) is 6.07 Å². The van der Waals surface area contributed by atoms with Crippen LogP contribution in [-0.4, -0.2) is 12.1 Å². The van der Waals surface area contributed by atoms with Gasteiger partial charge in [-0.1, -0.05) is 30.3 Å². The second-order valence-corrected chi connectivity index (χ2v) is 4.15. The summed E-state index contributed by atoms with van der Waals surface area (Å²) in [5, 5.41) is 12.3. The third kappa shape index (κ3) is 3.38. The van der Waals surface area contributed by atoms with Gasteiger partial charge in [0.25, 0.3) is 0 Å². The quantitative estimate of drug-likeness (QED) is 0.791. The van der Waals surface area contributed by atoms with Gasteiger partial charge in [0.15, 0.2) is 0 Å². The average molecular weight is 200 g/mol. The molecule has 1 aliphatic carbocycles. The van der Waals surface area contributed by atoms with E-state index in [0.29, 0.717) is 6.04 Å². The molecule has 1 N–H and O–H groups in total. The molecule has 1 aromatic rings. The first-order valence-electron chi connectivity index (χ1n) is 5.58. The summed E-state index contributed by atoms with van der Waals surface area (Å²) in [5.74, 6) is 0. The number of hydrogen-bond acceptors (Lipinski definition) is 2. The highest BCUT2D eigenvalue weighted by Crippen LogP contribution is 2.20. The molecular formula is C13H16N2. The Balaban J connectivity index is 1.78. The fourth-order valence-corrected chi connectivity index (χ4v) is 1.68. The zero-order valence-electron chi connectivity index (χ0n) is 8.82. The monoisotopic (exact) mass is 200 g/mol. The van der Waals surface area contributed by atoms with Crippen molar-refractivity contribution in [2.75, 3.05) is 0 Å². The van der Waals surface area contributed by atoms with Crippen molar-refractivity contribution in [1.82, 2.24) is 5.32 Å². The highest BCUT2D eigenvalue weighted by Gasteiger charge is 2.24. The van der Waals surface area contributed by atoms with E-state index >= 15 is 0 Å². The second kappa shape index (κ2) is 4.95. The minimum atomic E-state index is 0.0257. The van der Waals surface area contributed by atoms with E-state index in [1.54, 1.807) is 0 Å². The molecule has 1 aromatic carbocycles. The van der Waals surface area contributed by atoms with E-state index in [1.165, 1.54) is 18.4 Å². The Bertz CT molecular complexity index is 335. The molecule has 1 saturated carbocycles. The van der Waals surface area contributed by atoms with Crippen LogP contribution in [0.1, 0.15) is 24.8 Å². The lowest BCUT2D eigenvalue weighted by atomic mass is 10.1. The highest BCUT2D eigenvalue weighted by molar-refractivity contribution is 5.15. The third-order valence-corrected chi connectivity index (χ3v) is 2.73. The predicted molar refractivity (Wildman–Crippen MR) is 60.3 cm³/mol. The summed E-state index contributed by atoms with van der Waals surface area (Å²) in [7, 11) is 0. The van der Waals surface area contributed by atoms with Gasteiger partial charge in [0.05, 0.1) is 12.1 Å². The number of hydrogen-bond donors (Lipinski definition) is 1. The normalized spacial score (nSPS) is 17.0. The van der Waals surface area contributed by atoms with Gasteiger partial charge in [-0.15, -0.1) is 0 Å². The Kier molecular flexibility index (Phi) is 3.37. The first kappa shape index (κ1) is 10.2. The summed E-state index contributed by atoms with van der Waals surface area (Å²) in [4.78, 5) is 0.